The van der Waals surface area contributed by atoms with Crippen molar-refractivity contribution in [1.29, 1.82) is 0 Å². The second-order valence-corrected chi connectivity index (χ2v) is 5.77. The number of nitrogens with zero attached hydrogens (tertiary/aromatic N) is 2. The second kappa shape index (κ2) is 6.31. The number of ether oxygens (including phenoxy) is 1. The van der Waals surface area contributed by atoms with E-state index in [0.717, 1.165) is 24.5 Å². The number of methoxy groups -OCH3 is 1. The molecule has 0 radical (unpaired) electrons. The fraction of sp³-hybridized carbons (Fsp3) is 0.471. The lowest BCUT2D eigenvalue weighted by Crippen LogP contribution is -2.41. The first-order chi connectivity index (χ1) is 10.3. The van der Waals surface area contributed by atoms with Gasteiger partial charge >= 0.3 is 0 Å². The lowest BCUT2D eigenvalue weighted by atomic mass is 9.75. The number of benzene rings is 1. The summed E-state index contributed by atoms with van der Waals surface area (Å²) in [6.07, 6.45) is 7.23. The number of aromatic nitrogens is 2. The first kappa shape index (κ1) is 14.1. The molecule has 0 atom stereocenters. The molecule has 1 saturated carbocycles. The van der Waals surface area contributed by atoms with E-state index in [4.69, 9.17) is 4.74 Å². The number of aryl methyl sites for hydroxylation is 1. The molecule has 4 heteroatoms. The van der Waals surface area contributed by atoms with Crippen LogP contribution < -0.4 is 10.1 Å². The van der Waals surface area contributed by atoms with E-state index < -0.39 is 0 Å². The van der Waals surface area contributed by atoms with Gasteiger partial charge in [-0.3, -0.25) is 0 Å². The van der Waals surface area contributed by atoms with Crippen molar-refractivity contribution in [2.75, 3.05) is 13.7 Å². The maximum Gasteiger partial charge on any atom is 0.122 e. The van der Waals surface area contributed by atoms with Gasteiger partial charge in [0.15, 0.2) is 0 Å². The fourth-order valence-corrected chi connectivity index (χ4v) is 3.07. The predicted molar refractivity (Wildman–Crippen MR) is 83.7 cm³/mol. The SMILES string of the molecule is COc1ccccc1C1CC(NCCc2nccn2C)C1. The summed E-state index contributed by atoms with van der Waals surface area (Å²) in [7, 11) is 3.80. The molecule has 21 heavy (non-hydrogen) atoms. The topological polar surface area (TPSA) is 39.1 Å². The van der Waals surface area contributed by atoms with Gasteiger partial charge in [-0.15, -0.1) is 0 Å². The van der Waals surface area contributed by atoms with Crippen LogP contribution in [0.4, 0.5) is 0 Å². The van der Waals surface area contributed by atoms with E-state index >= 15 is 0 Å². The highest BCUT2D eigenvalue weighted by Crippen LogP contribution is 2.40. The summed E-state index contributed by atoms with van der Waals surface area (Å²) in [5.41, 5.74) is 1.35. The highest BCUT2D eigenvalue weighted by atomic mass is 16.5. The Hall–Kier alpha value is -1.81. The van der Waals surface area contributed by atoms with Crippen LogP contribution in [-0.4, -0.2) is 29.2 Å². The molecule has 1 aromatic heterocycles. The zero-order valence-electron chi connectivity index (χ0n) is 12.7. The molecule has 3 rings (SSSR count). The molecule has 1 aromatic carbocycles. The number of nitrogens with one attached hydrogen (secondary N) is 1. The van der Waals surface area contributed by atoms with Crippen LogP contribution in [0, 0.1) is 0 Å². The van der Waals surface area contributed by atoms with Gasteiger partial charge in [0.05, 0.1) is 7.11 Å². The van der Waals surface area contributed by atoms with Gasteiger partial charge in [-0.25, -0.2) is 4.98 Å². The number of hydrogen-bond donors (Lipinski definition) is 1. The van der Waals surface area contributed by atoms with Crippen molar-refractivity contribution in [3.8, 4) is 5.75 Å². The summed E-state index contributed by atoms with van der Waals surface area (Å²) in [5, 5.41) is 3.63. The smallest absolute Gasteiger partial charge is 0.122 e. The minimum Gasteiger partial charge on any atom is -0.496 e. The van der Waals surface area contributed by atoms with E-state index in [1.165, 1.54) is 18.4 Å². The summed E-state index contributed by atoms with van der Waals surface area (Å²) in [6, 6.07) is 8.99. The van der Waals surface area contributed by atoms with Crippen molar-refractivity contribution < 1.29 is 4.74 Å². The molecule has 1 fully saturated rings. The Balaban J connectivity index is 1.45. The quantitative estimate of drug-likeness (QED) is 0.886. The largest absolute Gasteiger partial charge is 0.496 e. The summed E-state index contributed by atoms with van der Waals surface area (Å²) < 4.78 is 7.53. The second-order valence-electron chi connectivity index (χ2n) is 5.77. The molecule has 1 N–H and O–H groups in total. The third-order valence-electron chi connectivity index (χ3n) is 4.42. The Kier molecular flexibility index (Phi) is 4.25. The van der Waals surface area contributed by atoms with E-state index in [9.17, 15) is 0 Å². The summed E-state index contributed by atoms with van der Waals surface area (Å²) >= 11 is 0. The van der Waals surface area contributed by atoms with E-state index in [2.05, 4.69) is 33.1 Å². The molecule has 4 nitrogen and oxygen atoms in total. The molecule has 0 bridgehead atoms. The van der Waals surface area contributed by atoms with Crippen molar-refractivity contribution >= 4 is 0 Å². The predicted octanol–water partition coefficient (Wildman–Crippen LogP) is 2.51. The summed E-state index contributed by atoms with van der Waals surface area (Å²) in [5.74, 6) is 2.80. The molecule has 0 unspecified atom stereocenters. The van der Waals surface area contributed by atoms with Crippen molar-refractivity contribution in [2.45, 2.75) is 31.2 Å². The van der Waals surface area contributed by atoms with Gasteiger partial charge in [0.2, 0.25) is 0 Å². The molecular formula is C17H23N3O. The molecule has 0 spiro atoms. The lowest BCUT2D eigenvalue weighted by molar-refractivity contribution is 0.284. The van der Waals surface area contributed by atoms with Crippen LogP contribution in [0.2, 0.25) is 0 Å². The molecular weight excluding hydrogens is 262 g/mol. The van der Waals surface area contributed by atoms with Crippen LogP contribution in [0.3, 0.4) is 0 Å². The van der Waals surface area contributed by atoms with Crippen LogP contribution in [-0.2, 0) is 13.5 Å². The number of rotatable bonds is 6. The first-order valence-electron chi connectivity index (χ1n) is 7.60. The zero-order valence-corrected chi connectivity index (χ0v) is 12.7. The lowest BCUT2D eigenvalue weighted by Gasteiger charge is -2.37. The van der Waals surface area contributed by atoms with Gasteiger partial charge in [-0.1, -0.05) is 18.2 Å². The Labute approximate surface area is 126 Å². The van der Waals surface area contributed by atoms with Crippen LogP contribution in [0.15, 0.2) is 36.7 Å². The van der Waals surface area contributed by atoms with Gasteiger partial charge < -0.3 is 14.6 Å². The van der Waals surface area contributed by atoms with Crippen LogP contribution >= 0.6 is 0 Å². The first-order valence-corrected chi connectivity index (χ1v) is 7.60. The number of para-hydroxylation sites is 1. The standard InChI is InChI=1S/C17H23N3O/c1-20-10-9-19-17(20)7-8-18-14-11-13(12-14)15-5-3-4-6-16(15)21-2/h3-6,9-10,13-14,18H,7-8,11-12H2,1-2H3. The van der Waals surface area contributed by atoms with Gasteiger partial charge in [0, 0.05) is 38.4 Å². The van der Waals surface area contributed by atoms with Crippen LogP contribution in [0.1, 0.15) is 30.1 Å². The average molecular weight is 285 g/mol. The van der Waals surface area contributed by atoms with Gasteiger partial charge in [0.25, 0.3) is 0 Å². The van der Waals surface area contributed by atoms with Gasteiger partial charge in [-0.2, -0.15) is 0 Å². The van der Waals surface area contributed by atoms with Crippen molar-refractivity contribution in [3.05, 3.63) is 48.0 Å². The van der Waals surface area contributed by atoms with E-state index in [0.29, 0.717) is 12.0 Å². The third kappa shape index (κ3) is 3.10. The maximum atomic E-state index is 5.45. The molecule has 112 valence electrons. The highest BCUT2D eigenvalue weighted by molar-refractivity contribution is 5.37. The average Bonchev–Trinajstić information content (AvgIpc) is 2.87. The molecule has 0 saturated heterocycles. The summed E-state index contributed by atoms with van der Waals surface area (Å²) in [6.45, 7) is 0.994. The summed E-state index contributed by atoms with van der Waals surface area (Å²) in [4.78, 5) is 4.35. The zero-order chi connectivity index (χ0) is 14.7. The number of hydrogen-bond acceptors (Lipinski definition) is 3. The number of imidazole rings is 1. The van der Waals surface area contributed by atoms with Gasteiger partial charge in [0.1, 0.15) is 11.6 Å². The Morgan fingerprint density at radius 1 is 1.33 bits per heavy atom. The van der Waals surface area contributed by atoms with E-state index in [1.807, 2.05) is 25.5 Å². The molecule has 1 heterocycles. The van der Waals surface area contributed by atoms with E-state index in [1.54, 1.807) is 7.11 Å². The fourth-order valence-electron chi connectivity index (χ4n) is 3.07. The monoisotopic (exact) mass is 285 g/mol. The Bertz CT molecular complexity index is 587. The highest BCUT2D eigenvalue weighted by Gasteiger charge is 2.31. The van der Waals surface area contributed by atoms with Crippen molar-refractivity contribution in [3.63, 3.8) is 0 Å². The molecule has 1 aliphatic rings. The van der Waals surface area contributed by atoms with Crippen LogP contribution in [0.25, 0.3) is 0 Å². The molecule has 2 aromatic rings. The maximum absolute atomic E-state index is 5.45. The molecule has 1 aliphatic carbocycles. The van der Waals surface area contributed by atoms with E-state index in [-0.39, 0.29) is 0 Å². The Morgan fingerprint density at radius 3 is 2.86 bits per heavy atom. The van der Waals surface area contributed by atoms with Gasteiger partial charge in [-0.05, 0) is 30.4 Å². The van der Waals surface area contributed by atoms with Crippen molar-refractivity contribution in [2.24, 2.45) is 7.05 Å². The van der Waals surface area contributed by atoms with Crippen molar-refractivity contribution in [1.82, 2.24) is 14.9 Å². The normalized spacial score (nSPS) is 21.0. The third-order valence-corrected chi connectivity index (χ3v) is 4.42. The van der Waals surface area contributed by atoms with Crippen LogP contribution in [0.5, 0.6) is 5.75 Å². The molecule has 0 amide bonds. The Morgan fingerprint density at radius 2 is 2.14 bits per heavy atom. The molecule has 0 aliphatic heterocycles. The minimum atomic E-state index is 0.625. The minimum absolute atomic E-state index is 0.625.